The van der Waals surface area contributed by atoms with E-state index in [1.54, 1.807) is 49.4 Å². The van der Waals surface area contributed by atoms with Crippen LogP contribution in [0, 0.1) is 18.7 Å². The Morgan fingerprint density at radius 2 is 1.51 bits per heavy atom. The Bertz CT molecular complexity index is 1720. The Morgan fingerprint density at radius 3 is 2.16 bits per heavy atom. The van der Waals surface area contributed by atoms with Crippen LogP contribution in [0.15, 0.2) is 108 Å². The van der Waals surface area contributed by atoms with Crippen molar-refractivity contribution in [2.75, 3.05) is 17.4 Å². The summed E-state index contributed by atoms with van der Waals surface area (Å²) in [6.07, 6.45) is 0.132. The molecule has 4 aromatic rings. The second kappa shape index (κ2) is 15.2. The van der Waals surface area contributed by atoms with Gasteiger partial charge in [-0.2, -0.15) is 0 Å². The quantitative estimate of drug-likeness (QED) is 0.182. The molecule has 4 aromatic carbocycles. The van der Waals surface area contributed by atoms with Crippen LogP contribution in [0.1, 0.15) is 30.5 Å². The number of rotatable bonds is 13. The van der Waals surface area contributed by atoms with Gasteiger partial charge in [-0.1, -0.05) is 98.2 Å². The van der Waals surface area contributed by atoms with Gasteiger partial charge in [0.1, 0.15) is 18.4 Å². The number of nitrogens with zero attached hydrogens (tertiary/aromatic N) is 2. The molecule has 45 heavy (non-hydrogen) atoms. The molecular formula is C35H37ClFN3O4S. The van der Waals surface area contributed by atoms with E-state index in [2.05, 4.69) is 5.32 Å². The van der Waals surface area contributed by atoms with Gasteiger partial charge in [0.15, 0.2) is 0 Å². The van der Waals surface area contributed by atoms with Crippen molar-refractivity contribution < 1.29 is 22.4 Å². The van der Waals surface area contributed by atoms with E-state index in [1.807, 2.05) is 44.2 Å². The molecule has 236 valence electrons. The lowest BCUT2D eigenvalue weighted by atomic mass is 10.0. The summed E-state index contributed by atoms with van der Waals surface area (Å²) in [6.45, 7) is 5.07. The van der Waals surface area contributed by atoms with Crippen molar-refractivity contribution in [3.05, 3.63) is 131 Å². The lowest BCUT2D eigenvalue weighted by Gasteiger charge is -2.34. The van der Waals surface area contributed by atoms with Crippen LogP contribution in [-0.2, 0) is 32.6 Å². The highest BCUT2D eigenvalue weighted by Crippen LogP contribution is 2.30. The van der Waals surface area contributed by atoms with Crippen LogP contribution >= 0.6 is 11.6 Å². The number of anilines is 1. The summed E-state index contributed by atoms with van der Waals surface area (Å²) in [5.74, 6) is -1.51. The number of carbonyl (C=O) groups is 2. The second-order valence-corrected chi connectivity index (χ2v) is 13.5. The maximum absolute atomic E-state index is 15.0. The van der Waals surface area contributed by atoms with Crippen molar-refractivity contribution >= 4 is 39.1 Å². The standard InChI is InChI=1S/C35H37ClFN3O4S/c1-25(2)22-38-35(42)33(20-27-12-6-4-7-13-27)39(23-28-14-10-11-17-31(28)37)34(41)24-40(32-21-29(36)19-18-26(32)3)45(43,44)30-15-8-5-9-16-30/h4-19,21,25,33H,20,22-24H2,1-3H3,(H,38,42)/t33-/m1/s1. The molecule has 10 heteroatoms. The highest BCUT2D eigenvalue weighted by molar-refractivity contribution is 7.92. The zero-order valence-corrected chi connectivity index (χ0v) is 27.1. The molecule has 0 aliphatic rings. The third-order valence-electron chi connectivity index (χ3n) is 7.30. The fraction of sp³-hybridized carbons (Fsp3) is 0.257. The van der Waals surface area contributed by atoms with Crippen molar-refractivity contribution in [1.82, 2.24) is 10.2 Å². The van der Waals surface area contributed by atoms with Crippen LogP contribution in [0.25, 0.3) is 0 Å². The number of hydrogen-bond acceptors (Lipinski definition) is 4. The van der Waals surface area contributed by atoms with Crippen molar-refractivity contribution in [2.24, 2.45) is 5.92 Å². The lowest BCUT2D eigenvalue weighted by molar-refractivity contribution is -0.140. The maximum Gasteiger partial charge on any atom is 0.264 e. The van der Waals surface area contributed by atoms with Gasteiger partial charge in [-0.05, 0) is 54.3 Å². The molecule has 0 aliphatic carbocycles. The van der Waals surface area contributed by atoms with Crippen molar-refractivity contribution in [3.8, 4) is 0 Å². The molecule has 1 N–H and O–H groups in total. The minimum atomic E-state index is -4.28. The number of amides is 2. The molecule has 0 saturated heterocycles. The number of nitrogens with one attached hydrogen (secondary N) is 1. The first-order valence-corrected chi connectivity index (χ1v) is 16.5. The molecular weight excluding hydrogens is 613 g/mol. The smallest absolute Gasteiger partial charge is 0.264 e. The van der Waals surface area contributed by atoms with E-state index in [1.165, 1.54) is 35.2 Å². The van der Waals surface area contributed by atoms with Gasteiger partial charge in [0.25, 0.3) is 10.0 Å². The van der Waals surface area contributed by atoms with E-state index in [0.717, 1.165) is 9.87 Å². The predicted octanol–water partition coefficient (Wildman–Crippen LogP) is 6.40. The average Bonchev–Trinajstić information content (AvgIpc) is 3.03. The second-order valence-electron chi connectivity index (χ2n) is 11.2. The van der Waals surface area contributed by atoms with E-state index >= 15 is 4.39 Å². The number of carbonyl (C=O) groups excluding carboxylic acids is 2. The minimum absolute atomic E-state index is 0.0201. The number of halogens is 2. The molecule has 0 aliphatic heterocycles. The third kappa shape index (κ3) is 8.71. The van der Waals surface area contributed by atoms with Crippen molar-refractivity contribution in [1.29, 1.82) is 0 Å². The minimum Gasteiger partial charge on any atom is -0.354 e. The zero-order valence-electron chi connectivity index (χ0n) is 25.5. The van der Waals surface area contributed by atoms with Crippen molar-refractivity contribution in [2.45, 2.75) is 44.7 Å². The fourth-order valence-electron chi connectivity index (χ4n) is 4.87. The molecule has 7 nitrogen and oxygen atoms in total. The molecule has 2 amide bonds. The van der Waals surface area contributed by atoms with E-state index in [0.29, 0.717) is 12.1 Å². The van der Waals surface area contributed by atoms with Crippen LogP contribution in [-0.4, -0.2) is 44.3 Å². The molecule has 0 spiro atoms. The van der Waals surface area contributed by atoms with Gasteiger partial charge in [0.05, 0.1) is 10.6 Å². The molecule has 0 unspecified atom stereocenters. The first-order valence-electron chi connectivity index (χ1n) is 14.7. The molecule has 0 bridgehead atoms. The zero-order chi connectivity index (χ0) is 32.6. The summed E-state index contributed by atoms with van der Waals surface area (Å²) >= 11 is 6.31. The Kier molecular flexibility index (Phi) is 11.4. The Balaban J connectivity index is 1.83. The highest BCUT2D eigenvalue weighted by atomic mass is 35.5. The molecule has 0 fully saturated rings. The van der Waals surface area contributed by atoms with E-state index in [9.17, 15) is 18.0 Å². The van der Waals surface area contributed by atoms with E-state index in [-0.39, 0.29) is 40.1 Å². The van der Waals surface area contributed by atoms with Crippen LogP contribution in [0.2, 0.25) is 5.02 Å². The molecule has 0 radical (unpaired) electrons. The Morgan fingerprint density at radius 1 is 0.889 bits per heavy atom. The largest absolute Gasteiger partial charge is 0.354 e. The normalized spacial score (nSPS) is 12.0. The first-order chi connectivity index (χ1) is 21.5. The average molecular weight is 650 g/mol. The molecule has 0 saturated carbocycles. The first kappa shape index (κ1) is 33.7. The van der Waals surface area contributed by atoms with E-state index < -0.39 is 40.2 Å². The predicted molar refractivity (Wildman–Crippen MR) is 176 cm³/mol. The Hall–Kier alpha value is -4.21. The van der Waals surface area contributed by atoms with Crippen LogP contribution in [0.4, 0.5) is 10.1 Å². The van der Waals surface area contributed by atoms with Crippen LogP contribution < -0.4 is 9.62 Å². The van der Waals surface area contributed by atoms with Gasteiger partial charge in [-0.15, -0.1) is 0 Å². The molecule has 1 atom stereocenters. The van der Waals surface area contributed by atoms with E-state index in [4.69, 9.17) is 11.6 Å². The third-order valence-corrected chi connectivity index (χ3v) is 9.31. The van der Waals surface area contributed by atoms with Gasteiger partial charge in [-0.3, -0.25) is 13.9 Å². The van der Waals surface area contributed by atoms with Gasteiger partial charge in [0.2, 0.25) is 11.8 Å². The summed E-state index contributed by atoms with van der Waals surface area (Å²) in [7, 11) is -4.28. The van der Waals surface area contributed by atoms with Crippen LogP contribution in [0.5, 0.6) is 0 Å². The highest BCUT2D eigenvalue weighted by Gasteiger charge is 2.35. The Labute approximate surface area is 269 Å². The van der Waals surface area contributed by atoms with Gasteiger partial charge in [-0.25, -0.2) is 12.8 Å². The molecule has 4 rings (SSSR count). The maximum atomic E-state index is 15.0. The summed E-state index contributed by atoms with van der Waals surface area (Å²) in [4.78, 5) is 29.5. The van der Waals surface area contributed by atoms with Gasteiger partial charge >= 0.3 is 0 Å². The number of hydrogen-bond donors (Lipinski definition) is 1. The van der Waals surface area contributed by atoms with Gasteiger partial charge < -0.3 is 10.2 Å². The lowest BCUT2D eigenvalue weighted by Crippen LogP contribution is -2.54. The SMILES string of the molecule is Cc1ccc(Cl)cc1N(CC(=O)N(Cc1ccccc1F)[C@H](Cc1ccccc1)C(=O)NCC(C)C)S(=O)(=O)c1ccccc1. The van der Waals surface area contributed by atoms with Crippen molar-refractivity contribution in [3.63, 3.8) is 0 Å². The summed E-state index contributed by atoms with van der Waals surface area (Å²) < 4.78 is 44.3. The monoisotopic (exact) mass is 649 g/mol. The summed E-state index contributed by atoms with van der Waals surface area (Å²) in [5.41, 5.74) is 1.77. The van der Waals surface area contributed by atoms with Crippen LogP contribution in [0.3, 0.4) is 0 Å². The van der Waals surface area contributed by atoms with Gasteiger partial charge in [0, 0.05) is 30.1 Å². The fourth-order valence-corrected chi connectivity index (χ4v) is 6.53. The number of benzene rings is 4. The topological polar surface area (TPSA) is 86.8 Å². The molecule has 0 aromatic heterocycles. The summed E-state index contributed by atoms with van der Waals surface area (Å²) in [6, 6.07) is 26.7. The number of aryl methyl sites for hydroxylation is 1. The summed E-state index contributed by atoms with van der Waals surface area (Å²) in [5, 5.41) is 3.21. The molecule has 0 heterocycles. The number of sulfonamides is 1.